The first-order valence-corrected chi connectivity index (χ1v) is 15.5. The molecule has 0 spiro atoms. The Morgan fingerprint density at radius 3 is 2.18 bits per heavy atom. The molecule has 39 heavy (non-hydrogen) atoms. The molecule has 0 saturated heterocycles. The van der Waals surface area contributed by atoms with Crippen LogP contribution in [0.1, 0.15) is 107 Å². The van der Waals surface area contributed by atoms with Gasteiger partial charge in [0.15, 0.2) is 0 Å². The maximum atomic E-state index is 9.54. The van der Waals surface area contributed by atoms with Gasteiger partial charge in [0.05, 0.1) is 0 Å². The van der Waals surface area contributed by atoms with Crippen LogP contribution in [0.15, 0.2) is 78.9 Å². The lowest BCUT2D eigenvalue weighted by Crippen LogP contribution is -2.37. The van der Waals surface area contributed by atoms with Crippen molar-refractivity contribution in [2.24, 2.45) is 5.92 Å². The first-order chi connectivity index (χ1) is 19.2. The summed E-state index contributed by atoms with van der Waals surface area (Å²) in [5.41, 5.74) is 3.98. The van der Waals surface area contributed by atoms with Gasteiger partial charge in [-0.15, -0.1) is 0 Å². The number of phenols is 1. The molecule has 0 unspecified atom stereocenters. The lowest BCUT2D eigenvalue weighted by Gasteiger charge is -2.32. The standard InChI is InChI=1S/C22H28O.C14H21NO/c1-2-9-19-12-6-7-15-22(19)20-13-8-14-21(16-20)23-17-18-10-4-3-5-11-18;1-2-15-14-9-4-3-8-13(14)11-6-5-7-12(16)10-11/h3-5,8,10-11,13-14,16,19,22H,2,6-7,9,12,15,17H2,1H3;5-7,10,13-16H,2-4,8-9H2,1H3/t19-,22-;13-,14+/m01/s1. The highest BCUT2D eigenvalue weighted by molar-refractivity contribution is 5.32. The van der Waals surface area contributed by atoms with Crippen molar-refractivity contribution in [3.8, 4) is 11.5 Å². The average Bonchev–Trinajstić information content (AvgIpc) is 2.98. The molecule has 0 aliphatic heterocycles. The molecule has 2 N–H and O–H groups in total. The van der Waals surface area contributed by atoms with Crippen LogP contribution in [0.4, 0.5) is 0 Å². The van der Waals surface area contributed by atoms with Crippen LogP contribution in [-0.4, -0.2) is 17.7 Å². The molecule has 3 aromatic carbocycles. The third-order valence-corrected chi connectivity index (χ3v) is 8.63. The predicted octanol–water partition coefficient (Wildman–Crippen LogP) is 9.37. The second-order valence-electron chi connectivity index (χ2n) is 11.4. The van der Waals surface area contributed by atoms with Gasteiger partial charge in [-0.3, -0.25) is 0 Å². The van der Waals surface area contributed by atoms with E-state index in [4.69, 9.17) is 4.74 Å². The van der Waals surface area contributed by atoms with Crippen LogP contribution in [0.2, 0.25) is 0 Å². The molecule has 5 rings (SSSR count). The molecule has 3 aromatic rings. The molecule has 2 aliphatic carbocycles. The molecule has 0 bridgehead atoms. The first kappa shape index (κ1) is 29.2. The Morgan fingerprint density at radius 1 is 0.744 bits per heavy atom. The normalized spacial score (nSPS) is 22.9. The zero-order valence-electron chi connectivity index (χ0n) is 24.2. The molecule has 2 saturated carbocycles. The number of nitrogens with one attached hydrogen (secondary N) is 1. The summed E-state index contributed by atoms with van der Waals surface area (Å²) in [6.45, 7) is 6.15. The van der Waals surface area contributed by atoms with Gasteiger partial charge in [0.2, 0.25) is 0 Å². The summed E-state index contributed by atoms with van der Waals surface area (Å²) in [5.74, 6) is 3.55. The van der Waals surface area contributed by atoms with Crippen molar-refractivity contribution in [2.45, 2.75) is 103 Å². The molecular weight excluding hydrogens is 478 g/mol. The second kappa shape index (κ2) is 15.7. The lowest BCUT2D eigenvalue weighted by molar-refractivity contribution is 0.284. The third-order valence-electron chi connectivity index (χ3n) is 8.63. The van der Waals surface area contributed by atoms with Crippen LogP contribution in [0.25, 0.3) is 0 Å². The van der Waals surface area contributed by atoms with E-state index in [9.17, 15) is 5.11 Å². The van der Waals surface area contributed by atoms with Crippen LogP contribution < -0.4 is 10.1 Å². The van der Waals surface area contributed by atoms with E-state index in [0.29, 0.717) is 24.3 Å². The van der Waals surface area contributed by atoms with E-state index in [-0.39, 0.29) is 0 Å². The van der Waals surface area contributed by atoms with Crippen LogP contribution in [-0.2, 0) is 6.61 Å². The number of ether oxygens (including phenoxy) is 1. The Bertz CT molecular complexity index is 1090. The highest BCUT2D eigenvalue weighted by Crippen LogP contribution is 2.41. The van der Waals surface area contributed by atoms with Crippen molar-refractivity contribution in [3.05, 3.63) is 95.6 Å². The Balaban J connectivity index is 0.000000193. The van der Waals surface area contributed by atoms with Crippen LogP contribution in [0.5, 0.6) is 11.5 Å². The maximum Gasteiger partial charge on any atom is 0.120 e. The molecule has 0 amide bonds. The van der Waals surface area contributed by atoms with Gasteiger partial charge in [0.25, 0.3) is 0 Å². The Kier molecular flexibility index (Phi) is 11.8. The van der Waals surface area contributed by atoms with E-state index in [1.807, 2.05) is 18.2 Å². The zero-order valence-corrected chi connectivity index (χ0v) is 24.2. The number of hydrogen-bond donors (Lipinski definition) is 2. The molecule has 4 atom stereocenters. The van der Waals surface area contributed by atoms with E-state index < -0.39 is 0 Å². The molecule has 2 fully saturated rings. The quantitative estimate of drug-likeness (QED) is 0.291. The SMILES string of the molecule is CCC[C@H]1CCCC[C@@H]1c1cccc(OCc2ccccc2)c1.CCN[C@H]1CCCC[C@@H]1c1cccc(O)c1. The summed E-state index contributed by atoms with van der Waals surface area (Å²) < 4.78 is 6.02. The van der Waals surface area contributed by atoms with Gasteiger partial charge >= 0.3 is 0 Å². The summed E-state index contributed by atoms with van der Waals surface area (Å²) in [5, 5.41) is 13.1. The minimum absolute atomic E-state index is 0.387. The van der Waals surface area contributed by atoms with Crippen molar-refractivity contribution in [2.75, 3.05) is 6.54 Å². The predicted molar refractivity (Wildman–Crippen MR) is 164 cm³/mol. The Labute approximate surface area is 237 Å². The highest BCUT2D eigenvalue weighted by Gasteiger charge is 2.26. The van der Waals surface area contributed by atoms with E-state index >= 15 is 0 Å². The minimum atomic E-state index is 0.387. The minimum Gasteiger partial charge on any atom is -0.508 e. The summed E-state index contributed by atoms with van der Waals surface area (Å²) in [6.07, 6.45) is 13.3. The van der Waals surface area contributed by atoms with E-state index in [2.05, 4.69) is 73.8 Å². The number of aromatic hydroxyl groups is 1. The lowest BCUT2D eigenvalue weighted by atomic mass is 9.73. The maximum absolute atomic E-state index is 9.54. The summed E-state index contributed by atoms with van der Waals surface area (Å²) in [6, 6.07) is 27.6. The number of rotatable bonds is 9. The number of benzene rings is 3. The molecule has 0 heterocycles. The molecule has 0 radical (unpaired) electrons. The number of phenolic OH excluding ortho intramolecular Hbond substituents is 1. The fraction of sp³-hybridized carbons (Fsp3) is 0.500. The van der Waals surface area contributed by atoms with Crippen molar-refractivity contribution in [3.63, 3.8) is 0 Å². The zero-order chi connectivity index (χ0) is 27.3. The second-order valence-corrected chi connectivity index (χ2v) is 11.4. The Hall–Kier alpha value is -2.78. The number of likely N-dealkylation sites (N-methyl/N-ethyl adjacent to an activating group) is 1. The van der Waals surface area contributed by atoms with E-state index in [0.717, 1.165) is 24.1 Å². The van der Waals surface area contributed by atoms with Gasteiger partial charge < -0.3 is 15.2 Å². The fourth-order valence-electron chi connectivity index (χ4n) is 6.73. The van der Waals surface area contributed by atoms with Crippen LogP contribution in [0.3, 0.4) is 0 Å². The van der Waals surface area contributed by atoms with Gasteiger partial charge in [-0.25, -0.2) is 0 Å². The van der Waals surface area contributed by atoms with E-state index in [1.54, 1.807) is 6.07 Å². The van der Waals surface area contributed by atoms with Crippen molar-refractivity contribution < 1.29 is 9.84 Å². The van der Waals surface area contributed by atoms with Crippen LogP contribution in [0, 0.1) is 5.92 Å². The molecule has 3 nitrogen and oxygen atoms in total. The number of hydrogen-bond acceptors (Lipinski definition) is 3. The highest BCUT2D eigenvalue weighted by atomic mass is 16.5. The van der Waals surface area contributed by atoms with Crippen LogP contribution >= 0.6 is 0 Å². The van der Waals surface area contributed by atoms with Gasteiger partial charge in [0.1, 0.15) is 18.1 Å². The van der Waals surface area contributed by atoms with Crippen molar-refractivity contribution >= 4 is 0 Å². The molecular formula is C36H49NO2. The Morgan fingerprint density at radius 2 is 1.44 bits per heavy atom. The topological polar surface area (TPSA) is 41.5 Å². The third kappa shape index (κ3) is 8.86. The molecule has 2 aliphatic rings. The largest absolute Gasteiger partial charge is 0.508 e. The molecule has 0 aromatic heterocycles. The van der Waals surface area contributed by atoms with Gasteiger partial charge in [-0.1, -0.05) is 107 Å². The molecule has 3 heteroatoms. The van der Waals surface area contributed by atoms with Crippen molar-refractivity contribution in [1.82, 2.24) is 5.32 Å². The fourth-order valence-corrected chi connectivity index (χ4v) is 6.73. The van der Waals surface area contributed by atoms with Crippen molar-refractivity contribution in [1.29, 1.82) is 0 Å². The smallest absolute Gasteiger partial charge is 0.120 e. The summed E-state index contributed by atoms with van der Waals surface area (Å²) >= 11 is 0. The van der Waals surface area contributed by atoms with Gasteiger partial charge in [0, 0.05) is 6.04 Å². The van der Waals surface area contributed by atoms with Gasteiger partial charge in [-0.05, 0) is 90.9 Å². The monoisotopic (exact) mass is 527 g/mol. The van der Waals surface area contributed by atoms with Gasteiger partial charge in [-0.2, -0.15) is 0 Å². The summed E-state index contributed by atoms with van der Waals surface area (Å²) in [7, 11) is 0. The summed E-state index contributed by atoms with van der Waals surface area (Å²) in [4.78, 5) is 0. The first-order valence-electron chi connectivity index (χ1n) is 15.5. The van der Waals surface area contributed by atoms with E-state index in [1.165, 1.54) is 80.9 Å². The molecule has 210 valence electrons. The average molecular weight is 528 g/mol.